The highest BCUT2D eigenvalue weighted by atomic mass is 35.5. The largest absolute Gasteiger partial charge is 0.490 e. The van der Waals surface area contributed by atoms with Crippen molar-refractivity contribution in [2.45, 2.75) is 26.7 Å². The number of rotatable bonds is 7. The summed E-state index contributed by atoms with van der Waals surface area (Å²) < 4.78 is 5.16. The maximum absolute atomic E-state index is 8.85. The summed E-state index contributed by atoms with van der Waals surface area (Å²) in [5.41, 5.74) is 0.0607. The first-order valence-electron chi connectivity index (χ1n) is 5.89. The zero-order chi connectivity index (χ0) is 13.6. The number of aliphatic hydroxyl groups excluding tert-OH is 1. The molecule has 0 aliphatic rings. The fourth-order valence-electron chi connectivity index (χ4n) is 1.63. The Morgan fingerprint density at radius 3 is 2.78 bits per heavy atom. The summed E-state index contributed by atoms with van der Waals surface area (Å²) in [4.78, 5) is 7.97. The van der Waals surface area contributed by atoms with Gasteiger partial charge in [0, 0.05) is 13.2 Å². The fourth-order valence-corrected chi connectivity index (χ4v) is 1.84. The van der Waals surface area contributed by atoms with Gasteiger partial charge in [0.05, 0.1) is 7.11 Å². The Morgan fingerprint density at radius 1 is 1.44 bits per heavy atom. The zero-order valence-electron chi connectivity index (χ0n) is 11.0. The summed E-state index contributed by atoms with van der Waals surface area (Å²) >= 11 is 5.91. The highest BCUT2D eigenvalue weighted by molar-refractivity contribution is 6.31. The fraction of sp³-hybridized carbons (Fsp3) is 0.667. The van der Waals surface area contributed by atoms with Crippen molar-refractivity contribution in [1.29, 1.82) is 0 Å². The summed E-state index contributed by atoms with van der Waals surface area (Å²) in [5, 5.41) is 12.4. The summed E-state index contributed by atoms with van der Waals surface area (Å²) in [7, 11) is 1.53. The standard InChI is InChI=1S/C12H20ClN3O2/c1-12(2,5-4-6-17)7-14-11-9(18-3)10(13)15-8-16-11/h8,17H,4-7H2,1-3H3,(H,14,15,16). The Morgan fingerprint density at radius 2 is 2.17 bits per heavy atom. The second-order valence-electron chi connectivity index (χ2n) is 4.89. The van der Waals surface area contributed by atoms with E-state index in [1.807, 2.05) is 0 Å². The van der Waals surface area contributed by atoms with Crippen LogP contribution in [0.3, 0.4) is 0 Å². The van der Waals surface area contributed by atoms with E-state index in [1.165, 1.54) is 13.4 Å². The van der Waals surface area contributed by atoms with Crippen molar-refractivity contribution in [2.75, 3.05) is 25.6 Å². The smallest absolute Gasteiger partial charge is 0.198 e. The molecule has 0 saturated heterocycles. The Kier molecular flexibility index (Phi) is 5.62. The van der Waals surface area contributed by atoms with Gasteiger partial charge in [-0.15, -0.1) is 0 Å². The van der Waals surface area contributed by atoms with Crippen LogP contribution in [0, 0.1) is 5.41 Å². The molecule has 0 aliphatic heterocycles. The van der Waals surface area contributed by atoms with Crippen molar-refractivity contribution in [3.05, 3.63) is 11.5 Å². The van der Waals surface area contributed by atoms with Crippen LogP contribution in [0.4, 0.5) is 5.82 Å². The van der Waals surface area contributed by atoms with Crippen LogP contribution in [-0.4, -0.2) is 35.3 Å². The lowest BCUT2D eigenvalue weighted by atomic mass is 9.88. The number of hydrogen-bond acceptors (Lipinski definition) is 5. The van der Waals surface area contributed by atoms with Crippen LogP contribution in [0.5, 0.6) is 5.75 Å². The number of halogens is 1. The predicted molar refractivity (Wildman–Crippen MR) is 72.2 cm³/mol. The van der Waals surface area contributed by atoms with E-state index in [2.05, 4.69) is 29.1 Å². The average molecular weight is 274 g/mol. The molecule has 6 heteroatoms. The van der Waals surface area contributed by atoms with Gasteiger partial charge in [0.2, 0.25) is 0 Å². The van der Waals surface area contributed by atoms with Gasteiger partial charge in [-0.05, 0) is 18.3 Å². The molecule has 0 saturated carbocycles. The second kappa shape index (κ2) is 6.75. The molecule has 1 heterocycles. The van der Waals surface area contributed by atoms with Crippen LogP contribution in [0.15, 0.2) is 6.33 Å². The Bertz CT molecular complexity index is 386. The van der Waals surface area contributed by atoms with Crippen molar-refractivity contribution < 1.29 is 9.84 Å². The quantitative estimate of drug-likeness (QED) is 0.747. The summed E-state index contributed by atoms with van der Waals surface area (Å²) in [6.07, 6.45) is 3.11. The third kappa shape index (κ3) is 4.31. The highest BCUT2D eigenvalue weighted by Crippen LogP contribution is 2.30. The first kappa shape index (κ1) is 15.0. The minimum absolute atomic E-state index is 0.0607. The van der Waals surface area contributed by atoms with Crippen LogP contribution in [0.2, 0.25) is 5.15 Å². The average Bonchev–Trinajstić information content (AvgIpc) is 2.34. The number of nitrogens with zero attached hydrogens (tertiary/aromatic N) is 2. The first-order valence-corrected chi connectivity index (χ1v) is 6.27. The van der Waals surface area contributed by atoms with Crippen LogP contribution in [0.25, 0.3) is 0 Å². The molecule has 102 valence electrons. The molecule has 0 fully saturated rings. The van der Waals surface area contributed by atoms with Crippen LogP contribution < -0.4 is 10.1 Å². The molecule has 0 amide bonds. The monoisotopic (exact) mass is 273 g/mol. The Hall–Kier alpha value is -1.07. The SMILES string of the molecule is COc1c(Cl)ncnc1NCC(C)(C)CCCO. The molecule has 0 atom stereocenters. The topological polar surface area (TPSA) is 67.3 Å². The molecule has 5 nitrogen and oxygen atoms in total. The molecule has 2 N–H and O–H groups in total. The predicted octanol–water partition coefficient (Wildman–Crippen LogP) is 2.35. The van der Waals surface area contributed by atoms with Crippen molar-refractivity contribution in [2.24, 2.45) is 5.41 Å². The molecular weight excluding hydrogens is 254 g/mol. The van der Waals surface area contributed by atoms with Gasteiger partial charge in [-0.2, -0.15) is 0 Å². The van der Waals surface area contributed by atoms with E-state index in [-0.39, 0.29) is 12.0 Å². The molecule has 0 bridgehead atoms. The Balaban J connectivity index is 2.65. The van der Waals surface area contributed by atoms with E-state index in [0.29, 0.717) is 16.7 Å². The molecular formula is C12H20ClN3O2. The van der Waals surface area contributed by atoms with E-state index in [9.17, 15) is 0 Å². The lowest BCUT2D eigenvalue weighted by Gasteiger charge is -2.25. The molecule has 0 aliphatic carbocycles. The van der Waals surface area contributed by atoms with Gasteiger partial charge in [-0.25, -0.2) is 9.97 Å². The van der Waals surface area contributed by atoms with Crippen LogP contribution in [-0.2, 0) is 0 Å². The van der Waals surface area contributed by atoms with Gasteiger partial charge < -0.3 is 15.2 Å². The van der Waals surface area contributed by atoms with Gasteiger partial charge in [-0.1, -0.05) is 25.4 Å². The molecule has 0 radical (unpaired) electrons. The molecule has 0 unspecified atom stereocenters. The molecule has 1 aromatic heterocycles. The van der Waals surface area contributed by atoms with Gasteiger partial charge in [0.15, 0.2) is 16.7 Å². The van der Waals surface area contributed by atoms with Crippen molar-refractivity contribution in [3.8, 4) is 5.75 Å². The number of anilines is 1. The van der Waals surface area contributed by atoms with E-state index < -0.39 is 0 Å². The van der Waals surface area contributed by atoms with Crippen molar-refractivity contribution >= 4 is 17.4 Å². The van der Waals surface area contributed by atoms with Gasteiger partial charge in [-0.3, -0.25) is 0 Å². The molecule has 1 aromatic rings. The number of aromatic nitrogens is 2. The molecule has 0 spiro atoms. The van der Waals surface area contributed by atoms with E-state index >= 15 is 0 Å². The summed E-state index contributed by atoms with van der Waals surface area (Å²) in [6.45, 7) is 5.19. The number of ether oxygens (including phenoxy) is 1. The number of aliphatic hydroxyl groups is 1. The lowest BCUT2D eigenvalue weighted by Crippen LogP contribution is -2.24. The van der Waals surface area contributed by atoms with E-state index in [1.54, 1.807) is 0 Å². The van der Waals surface area contributed by atoms with Crippen LogP contribution in [0.1, 0.15) is 26.7 Å². The van der Waals surface area contributed by atoms with Gasteiger partial charge >= 0.3 is 0 Å². The van der Waals surface area contributed by atoms with E-state index in [4.69, 9.17) is 21.4 Å². The number of methoxy groups -OCH3 is 1. The minimum Gasteiger partial charge on any atom is -0.490 e. The Labute approximate surface area is 113 Å². The summed E-state index contributed by atoms with van der Waals surface area (Å²) in [5.74, 6) is 1.05. The number of nitrogens with one attached hydrogen (secondary N) is 1. The van der Waals surface area contributed by atoms with Crippen LogP contribution >= 0.6 is 11.6 Å². The first-order chi connectivity index (χ1) is 8.50. The van der Waals surface area contributed by atoms with Gasteiger partial charge in [0.1, 0.15) is 6.33 Å². The van der Waals surface area contributed by atoms with Gasteiger partial charge in [0.25, 0.3) is 0 Å². The highest BCUT2D eigenvalue weighted by Gasteiger charge is 2.19. The summed E-state index contributed by atoms with van der Waals surface area (Å²) in [6, 6.07) is 0. The van der Waals surface area contributed by atoms with Crippen molar-refractivity contribution in [1.82, 2.24) is 9.97 Å². The second-order valence-corrected chi connectivity index (χ2v) is 5.25. The normalized spacial score (nSPS) is 11.4. The van der Waals surface area contributed by atoms with E-state index in [0.717, 1.165) is 19.4 Å². The molecule has 0 aromatic carbocycles. The number of hydrogen-bond donors (Lipinski definition) is 2. The van der Waals surface area contributed by atoms with Crippen molar-refractivity contribution in [3.63, 3.8) is 0 Å². The zero-order valence-corrected chi connectivity index (χ0v) is 11.8. The molecule has 1 rings (SSSR count). The maximum atomic E-state index is 8.85. The minimum atomic E-state index is 0.0607. The lowest BCUT2D eigenvalue weighted by molar-refractivity contribution is 0.247. The third-order valence-corrected chi connectivity index (χ3v) is 2.98. The third-order valence-electron chi connectivity index (χ3n) is 2.71. The molecule has 18 heavy (non-hydrogen) atoms. The maximum Gasteiger partial charge on any atom is 0.198 e.